The molecule has 0 saturated heterocycles. The number of rotatable bonds is 4. The Morgan fingerprint density at radius 3 is 2.86 bits per heavy atom. The van der Waals surface area contributed by atoms with Crippen LogP contribution in [0.15, 0.2) is 16.5 Å². The average Bonchev–Trinajstić information content (AvgIpc) is 2.60. The van der Waals surface area contributed by atoms with Crippen LogP contribution < -0.4 is 5.32 Å². The molecule has 1 heterocycles. The molecule has 1 aromatic heterocycles. The van der Waals surface area contributed by atoms with Gasteiger partial charge in [-0.3, -0.25) is 4.79 Å². The highest BCUT2D eigenvalue weighted by molar-refractivity contribution is 6.18. The number of carbonyl (C=O) groups is 1. The van der Waals surface area contributed by atoms with E-state index < -0.39 is 0 Å². The Bertz CT molecular complexity index is 309. The van der Waals surface area contributed by atoms with Crippen LogP contribution in [0.5, 0.6) is 0 Å². The number of nitrogens with one attached hydrogen (secondary N) is 1. The molecule has 0 spiro atoms. The molecule has 1 atom stereocenters. The summed E-state index contributed by atoms with van der Waals surface area (Å²) in [5, 5.41) is 2.75. The quantitative estimate of drug-likeness (QED) is 0.783. The van der Waals surface area contributed by atoms with Crippen molar-refractivity contribution >= 4 is 17.5 Å². The second-order valence-electron chi connectivity index (χ2n) is 3.38. The lowest BCUT2D eigenvalue weighted by molar-refractivity contribution is 0.0920. The van der Waals surface area contributed by atoms with Gasteiger partial charge in [0, 0.05) is 12.4 Å². The van der Waals surface area contributed by atoms with E-state index in [-0.39, 0.29) is 11.8 Å². The minimum absolute atomic E-state index is 0.185. The lowest BCUT2D eigenvalue weighted by atomic mass is 10.2. The third kappa shape index (κ3) is 3.07. The van der Waals surface area contributed by atoms with Gasteiger partial charge in [-0.15, -0.1) is 11.6 Å². The normalized spacial score (nSPS) is 12.5. The van der Waals surface area contributed by atoms with Crippen molar-refractivity contribution in [2.45, 2.75) is 13.8 Å². The van der Waals surface area contributed by atoms with E-state index in [4.69, 9.17) is 16.0 Å². The molecule has 14 heavy (non-hydrogen) atoms. The number of furan rings is 1. The Hall–Kier alpha value is -0.960. The van der Waals surface area contributed by atoms with Crippen LogP contribution in [0.1, 0.15) is 23.2 Å². The summed E-state index contributed by atoms with van der Waals surface area (Å²) in [6, 6.07) is 3.43. The Kier molecular flexibility index (Phi) is 4.01. The zero-order valence-electron chi connectivity index (χ0n) is 8.34. The van der Waals surface area contributed by atoms with E-state index in [1.165, 1.54) is 0 Å². The molecule has 1 rings (SSSR count). The monoisotopic (exact) mass is 215 g/mol. The highest BCUT2D eigenvalue weighted by atomic mass is 35.5. The van der Waals surface area contributed by atoms with Gasteiger partial charge in [-0.2, -0.15) is 0 Å². The van der Waals surface area contributed by atoms with Crippen LogP contribution in [-0.2, 0) is 0 Å². The fourth-order valence-electron chi connectivity index (χ4n) is 0.965. The molecule has 0 aliphatic heterocycles. The van der Waals surface area contributed by atoms with Crippen molar-refractivity contribution in [1.82, 2.24) is 5.32 Å². The second-order valence-corrected chi connectivity index (χ2v) is 3.69. The zero-order valence-corrected chi connectivity index (χ0v) is 9.10. The average molecular weight is 216 g/mol. The third-order valence-corrected chi connectivity index (χ3v) is 2.37. The van der Waals surface area contributed by atoms with Crippen LogP contribution in [0.4, 0.5) is 0 Å². The van der Waals surface area contributed by atoms with Crippen LogP contribution in [0.25, 0.3) is 0 Å². The van der Waals surface area contributed by atoms with E-state index in [2.05, 4.69) is 5.32 Å². The Balaban J connectivity index is 2.43. The van der Waals surface area contributed by atoms with E-state index >= 15 is 0 Å². The van der Waals surface area contributed by atoms with Gasteiger partial charge in [-0.25, -0.2) is 0 Å². The van der Waals surface area contributed by atoms with Gasteiger partial charge in [0.2, 0.25) is 0 Å². The fourth-order valence-corrected chi connectivity index (χ4v) is 1.07. The molecule has 3 nitrogen and oxygen atoms in total. The van der Waals surface area contributed by atoms with Gasteiger partial charge >= 0.3 is 0 Å². The molecule has 0 fully saturated rings. The minimum atomic E-state index is -0.185. The summed E-state index contributed by atoms with van der Waals surface area (Å²) in [7, 11) is 0. The Labute approximate surface area is 88.4 Å². The molecule has 0 radical (unpaired) electrons. The van der Waals surface area contributed by atoms with Gasteiger partial charge in [0.15, 0.2) is 5.76 Å². The molecule has 1 unspecified atom stereocenters. The van der Waals surface area contributed by atoms with E-state index in [1.807, 2.05) is 6.92 Å². The topological polar surface area (TPSA) is 42.2 Å². The third-order valence-electron chi connectivity index (χ3n) is 1.84. The smallest absolute Gasteiger partial charge is 0.287 e. The first-order chi connectivity index (χ1) is 6.63. The highest BCUT2D eigenvalue weighted by Gasteiger charge is 2.10. The van der Waals surface area contributed by atoms with E-state index in [0.29, 0.717) is 18.2 Å². The van der Waals surface area contributed by atoms with Crippen molar-refractivity contribution in [2.75, 3.05) is 12.4 Å². The number of aryl methyl sites for hydroxylation is 1. The molecular formula is C10H14ClNO2. The summed E-state index contributed by atoms with van der Waals surface area (Å²) in [4.78, 5) is 11.4. The van der Waals surface area contributed by atoms with Crippen molar-refractivity contribution in [1.29, 1.82) is 0 Å². The summed E-state index contributed by atoms with van der Waals surface area (Å²) in [5.74, 6) is 1.72. The molecule has 4 heteroatoms. The van der Waals surface area contributed by atoms with Crippen molar-refractivity contribution in [3.63, 3.8) is 0 Å². The molecule has 1 aromatic rings. The summed E-state index contributed by atoms with van der Waals surface area (Å²) in [6.45, 7) is 4.35. The lowest BCUT2D eigenvalue weighted by Crippen LogP contribution is -2.28. The molecule has 0 bridgehead atoms. The van der Waals surface area contributed by atoms with Crippen LogP contribution in [0, 0.1) is 12.8 Å². The molecule has 1 N–H and O–H groups in total. The van der Waals surface area contributed by atoms with Crippen molar-refractivity contribution in [3.05, 3.63) is 23.7 Å². The maximum absolute atomic E-state index is 11.4. The molecule has 78 valence electrons. The number of hydrogen-bond acceptors (Lipinski definition) is 2. The number of hydrogen-bond donors (Lipinski definition) is 1. The van der Waals surface area contributed by atoms with Gasteiger partial charge < -0.3 is 9.73 Å². The van der Waals surface area contributed by atoms with Crippen molar-refractivity contribution < 1.29 is 9.21 Å². The maximum Gasteiger partial charge on any atom is 0.287 e. The number of alkyl halides is 1. The molecule has 0 aromatic carbocycles. The Morgan fingerprint density at radius 1 is 1.64 bits per heavy atom. The first kappa shape index (κ1) is 11.1. The minimum Gasteiger partial charge on any atom is -0.456 e. The van der Waals surface area contributed by atoms with Gasteiger partial charge in [0.05, 0.1) is 0 Å². The van der Waals surface area contributed by atoms with Crippen LogP contribution in [0.3, 0.4) is 0 Å². The SMILES string of the molecule is Cc1ccc(C(=O)NCC(C)CCl)o1. The molecule has 1 amide bonds. The highest BCUT2D eigenvalue weighted by Crippen LogP contribution is 2.06. The zero-order chi connectivity index (χ0) is 10.6. The maximum atomic E-state index is 11.4. The fraction of sp³-hybridized carbons (Fsp3) is 0.500. The summed E-state index contributed by atoms with van der Waals surface area (Å²) in [6.07, 6.45) is 0. The molecule has 0 aliphatic carbocycles. The summed E-state index contributed by atoms with van der Waals surface area (Å²) >= 11 is 5.61. The van der Waals surface area contributed by atoms with Crippen LogP contribution >= 0.6 is 11.6 Å². The van der Waals surface area contributed by atoms with Gasteiger partial charge in [-0.1, -0.05) is 6.92 Å². The van der Waals surface area contributed by atoms with Crippen molar-refractivity contribution in [3.8, 4) is 0 Å². The number of carbonyl (C=O) groups excluding carboxylic acids is 1. The predicted molar refractivity (Wildman–Crippen MR) is 55.7 cm³/mol. The van der Waals surface area contributed by atoms with E-state index in [0.717, 1.165) is 5.76 Å². The molecule has 0 saturated carbocycles. The summed E-state index contributed by atoms with van der Waals surface area (Å²) in [5.41, 5.74) is 0. The van der Waals surface area contributed by atoms with Gasteiger partial charge in [-0.05, 0) is 25.0 Å². The van der Waals surface area contributed by atoms with Crippen LogP contribution in [0.2, 0.25) is 0 Å². The van der Waals surface area contributed by atoms with E-state index in [1.54, 1.807) is 19.1 Å². The van der Waals surface area contributed by atoms with Gasteiger partial charge in [0.25, 0.3) is 5.91 Å². The molecular weight excluding hydrogens is 202 g/mol. The lowest BCUT2D eigenvalue weighted by Gasteiger charge is -2.07. The second kappa shape index (κ2) is 5.05. The standard InChI is InChI=1S/C10H14ClNO2/c1-7(5-11)6-12-10(13)9-4-3-8(2)14-9/h3-4,7H,5-6H2,1-2H3,(H,12,13). The summed E-state index contributed by atoms with van der Waals surface area (Å²) < 4.78 is 5.17. The van der Waals surface area contributed by atoms with Crippen LogP contribution in [-0.4, -0.2) is 18.3 Å². The predicted octanol–water partition coefficient (Wildman–Crippen LogP) is 2.19. The first-order valence-electron chi connectivity index (χ1n) is 4.54. The first-order valence-corrected chi connectivity index (χ1v) is 5.07. The largest absolute Gasteiger partial charge is 0.456 e. The van der Waals surface area contributed by atoms with Crippen molar-refractivity contribution in [2.24, 2.45) is 5.92 Å². The van der Waals surface area contributed by atoms with Gasteiger partial charge in [0.1, 0.15) is 5.76 Å². The Morgan fingerprint density at radius 2 is 2.36 bits per heavy atom. The van der Waals surface area contributed by atoms with E-state index in [9.17, 15) is 4.79 Å². The number of halogens is 1. The number of amides is 1. The molecule has 0 aliphatic rings.